The summed E-state index contributed by atoms with van der Waals surface area (Å²) in [4.78, 5) is 16.8. The first kappa shape index (κ1) is 17.4. The summed E-state index contributed by atoms with van der Waals surface area (Å²) in [5.74, 6) is 0.671. The summed E-state index contributed by atoms with van der Waals surface area (Å²) in [5, 5.41) is 3.03. The molecule has 0 saturated carbocycles. The third kappa shape index (κ3) is 5.04. The van der Waals surface area contributed by atoms with Gasteiger partial charge in [0.05, 0.1) is 6.04 Å². The molecule has 1 aliphatic rings. The Hall–Kier alpha value is -0.650. The van der Waals surface area contributed by atoms with Crippen LogP contribution in [-0.4, -0.2) is 67.6 Å². The van der Waals surface area contributed by atoms with Crippen molar-refractivity contribution in [3.05, 3.63) is 0 Å². The van der Waals surface area contributed by atoms with Crippen molar-refractivity contribution >= 4 is 5.91 Å². The van der Waals surface area contributed by atoms with Crippen molar-refractivity contribution in [3.63, 3.8) is 0 Å². The number of amides is 1. The average molecular weight is 284 g/mol. The number of nitrogens with zero attached hydrogens (tertiary/aromatic N) is 2. The third-order valence-electron chi connectivity index (χ3n) is 4.28. The van der Waals surface area contributed by atoms with Crippen LogP contribution in [0.1, 0.15) is 27.7 Å². The number of carbonyl (C=O) groups excluding carboxylic acids is 1. The largest absolute Gasteiger partial charge is 0.353 e. The second-order valence-electron chi connectivity index (χ2n) is 6.67. The van der Waals surface area contributed by atoms with E-state index in [1.54, 1.807) is 0 Å². The van der Waals surface area contributed by atoms with Crippen molar-refractivity contribution < 1.29 is 4.79 Å². The van der Waals surface area contributed by atoms with Crippen LogP contribution in [0.4, 0.5) is 0 Å². The van der Waals surface area contributed by atoms with E-state index in [1.807, 2.05) is 13.8 Å². The summed E-state index contributed by atoms with van der Waals surface area (Å²) in [5.41, 5.74) is 5.89. The number of nitrogens with two attached hydrogens (primary N) is 1. The van der Waals surface area contributed by atoms with E-state index in [1.165, 1.54) is 0 Å². The van der Waals surface area contributed by atoms with Gasteiger partial charge < -0.3 is 16.0 Å². The number of carbonyl (C=O) groups is 1. The van der Waals surface area contributed by atoms with Gasteiger partial charge in [0.2, 0.25) is 5.91 Å². The van der Waals surface area contributed by atoms with E-state index < -0.39 is 6.04 Å². The van der Waals surface area contributed by atoms with E-state index in [0.29, 0.717) is 18.5 Å². The number of rotatable bonds is 6. The van der Waals surface area contributed by atoms with Crippen LogP contribution in [0, 0.1) is 11.8 Å². The molecule has 5 nitrogen and oxygen atoms in total. The van der Waals surface area contributed by atoms with Gasteiger partial charge in [0, 0.05) is 38.8 Å². The van der Waals surface area contributed by atoms with E-state index in [-0.39, 0.29) is 11.8 Å². The minimum Gasteiger partial charge on any atom is -0.353 e. The molecule has 0 radical (unpaired) electrons. The molecule has 1 aliphatic heterocycles. The highest BCUT2D eigenvalue weighted by Crippen LogP contribution is 2.13. The van der Waals surface area contributed by atoms with Gasteiger partial charge in [0.1, 0.15) is 0 Å². The Bertz CT molecular complexity index is 298. The van der Waals surface area contributed by atoms with Crippen LogP contribution < -0.4 is 11.1 Å². The Morgan fingerprint density at radius 1 is 1.10 bits per heavy atom. The maximum Gasteiger partial charge on any atom is 0.237 e. The van der Waals surface area contributed by atoms with Crippen molar-refractivity contribution in [2.45, 2.75) is 39.8 Å². The quantitative estimate of drug-likeness (QED) is 0.739. The molecule has 1 saturated heterocycles. The fraction of sp³-hybridized carbons (Fsp3) is 0.933. The summed E-state index contributed by atoms with van der Waals surface area (Å²) < 4.78 is 0. The van der Waals surface area contributed by atoms with Crippen LogP contribution in [-0.2, 0) is 4.79 Å². The van der Waals surface area contributed by atoms with Gasteiger partial charge in [0.25, 0.3) is 0 Å². The van der Waals surface area contributed by atoms with Crippen LogP contribution in [0.3, 0.4) is 0 Å². The second-order valence-corrected chi connectivity index (χ2v) is 6.67. The predicted octanol–water partition coefficient (Wildman–Crippen LogP) is 0.358. The molecule has 0 bridgehead atoms. The van der Waals surface area contributed by atoms with Gasteiger partial charge in [-0.15, -0.1) is 0 Å². The number of piperazine rings is 1. The zero-order valence-corrected chi connectivity index (χ0v) is 13.7. The van der Waals surface area contributed by atoms with Crippen LogP contribution >= 0.6 is 0 Å². The minimum atomic E-state index is -0.407. The van der Waals surface area contributed by atoms with Crippen molar-refractivity contribution in [1.29, 1.82) is 0 Å². The van der Waals surface area contributed by atoms with Gasteiger partial charge in [-0.2, -0.15) is 0 Å². The Labute approximate surface area is 123 Å². The van der Waals surface area contributed by atoms with Crippen molar-refractivity contribution in [2.24, 2.45) is 17.6 Å². The number of likely N-dealkylation sites (N-methyl/N-ethyl adjacent to an activating group) is 1. The van der Waals surface area contributed by atoms with Gasteiger partial charge in [0.15, 0.2) is 0 Å². The molecule has 0 aromatic rings. The third-order valence-corrected chi connectivity index (χ3v) is 4.28. The molecule has 118 valence electrons. The molecular weight excluding hydrogens is 252 g/mol. The van der Waals surface area contributed by atoms with Gasteiger partial charge in [-0.25, -0.2) is 0 Å². The lowest BCUT2D eigenvalue weighted by Gasteiger charge is -2.40. The van der Waals surface area contributed by atoms with Crippen LogP contribution in [0.5, 0.6) is 0 Å². The smallest absolute Gasteiger partial charge is 0.237 e. The summed E-state index contributed by atoms with van der Waals surface area (Å²) >= 11 is 0. The first-order chi connectivity index (χ1) is 9.32. The lowest BCUT2D eigenvalue weighted by Crippen LogP contribution is -2.55. The minimum absolute atomic E-state index is 0.0280. The molecule has 1 amide bonds. The number of hydrogen-bond donors (Lipinski definition) is 2. The van der Waals surface area contributed by atoms with E-state index in [4.69, 9.17) is 5.73 Å². The van der Waals surface area contributed by atoms with Gasteiger partial charge in [-0.1, -0.05) is 27.7 Å². The van der Waals surface area contributed by atoms with Gasteiger partial charge >= 0.3 is 0 Å². The SMILES string of the molecule is CC(C)C(N)C(=O)NCC(C(C)C)N1CCN(C)CC1. The molecule has 20 heavy (non-hydrogen) atoms. The Balaban J connectivity index is 2.49. The van der Waals surface area contributed by atoms with Crippen LogP contribution in [0.25, 0.3) is 0 Å². The van der Waals surface area contributed by atoms with E-state index in [9.17, 15) is 4.79 Å². The molecule has 0 aliphatic carbocycles. The highest BCUT2D eigenvalue weighted by molar-refractivity contribution is 5.81. The van der Waals surface area contributed by atoms with E-state index in [2.05, 4.69) is 36.0 Å². The standard InChI is InChI=1S/C15H32N4O/c1-11(2)13(19-8-6-18(5)7-9-19)10-17-15(20)14(16)12(3)4/h11-14H,6-10,16H2,1-5H3,(H,17,20). The maximum absolute atomic E-state index is 12.0. The normalized spacial score (nSPS) is 21.2. The molecule has 1 heterocycles. The van der Waals surface area contributed by atoms with Crippen LogP contribution in [0.2, 0.25) is 0 Å². The molecule has 0 aromatic heterocycles. The second kappa shape index (κ2) is 7.96. The summed E-state index contributed by atoms with van der Waals surface area (Å²) in [7, 11) is 2.16. The molecule has 2 unspecified atom stereocenters. The summed E-state index contributed by atoms with van der Waals surface area (Å²) in [6.45, 7) is 13.4. The summed E-state index contributed by atoms with van der Waals surface area (Å²) in [6.07, 6.45) is 0. The molecule has 2 atom stereocenters. The molecule has 1 fully saturated rings. The highest BCUT2D eigenvalue weighted by Gasteiger charge is 2.26. The first-order valence-corrected chi connectivity index (χ1v) is 7.78. The molecule has 0 spiro atoms. The Kier molecular flexibility index (Phi) is 6.92. The first-order valence-electron chi connectivity index (χ1n) is 7.78. The Morgan fingerprint density at radius 2 is 1.65 bits per heavy atom. The number of nitrogens with one attached hydrogen (secondary N) is 1. The topological polar surface area (TPSA) is 61.6 Å². The Morgan fingerprint density at radius 3 is 2.10 bits per heavy atom. The predicted molar refractivity (Wildman–Crippen MR) is 83.5 cm³/mol. The van der Waals surface area contributed by atoms with Crippen molar-refractivity contribution in [3.8, 4) is 0 Å². The fourth-order valence-electron chi connectivity index (χ4n) is 2.57. The lowest BCUT2D eigenvalue weighted by molar-refractivity contribution is -0.123. The van der Waals surface area contributed by atoms with Crippen LogP contribution in [0.15, 0.2) is 0 Å². The molecule has 5 heteroatoms. The van der Waals surface area contributed by atoms with E-state index >= 15 is 0 Å². The van der Waals surface area contributed by atoms with Gasteiger partial charge in [-0.05, 0) is 18.9 Å². The molecular formula is C15H32N4O. The zero-order valence-electron chi connectivity index (χ0n) is 13.7. The van der Waals surface area contributed by atoms with Crippen molar-refractivity contribution in [2.75, 3.05) is 39.8 Å². The van der Waals surface area contributed by atoms with E-state index in [0.717, 1.165) is 26.2 Å². The fourth-order valence-corrected chi connectivity index (χ4v) is 2.57. The average Bonchev–Trinajstić information content (AvgIpc) is 2.39. The highest BCUT2D eigenvalue weighted by atomic mass is 16.2. The zero-order chi connectivity index (χ0) is 15.3. The maximum atomic E-state index is 12.0. The van der Waals surface area contributed by atoms with Gasteiger partial charge in [-0.3, -0.25) is 9.69 Å². The lowest BCUT2D eigenvalue weighted by atomic mass is 10.0. The molecule has 0 aromatic carbocycles. The monoisotopic (exact) mass is 284 g/mol. The number of hydrogen-bond acceptors (Lipinski definition) is 4. The summed E-state index contributed by atoms with van der Waals surface area (Å²) in [6, 6.07) is -0.0117. The molecule has 3 N–H and O–H groups in total. The molecule has 1 rings (SSSR count). The van der Waals surface area contributed by atoms with Crippen molar-refractivity contribution in [1.82, 2.24) is 15.1 Å².